The maximum atomic E-state index is 4.87. The molecule has 0 bridgehead atoms. The summed E-state index contributed by atoms with van der Waals surface area (Å²) in [4.78, 5) is 16.7. The normalized spacial score (nSPS) is 15.5. The number of piperazine rings is 1. The van der Waals surface area contributed by atoms with E-state index < -0.39 is 0 Å². The molecular formula is C19H27N5. The highest BCUT2D eigenvalue weighted by Gasteiger charge is 2.18. The lowest BCUT2D eigenvalue weighted by molar-refractivity contribution is 0.312. The molecule has 1 fully saturated rings. The zero-order valence-corrected chi connectivity index (χ0v) is 14.9. The zero-order chi connectivity index (χ0) is 16.9. The summed E-state index contributed by atoms with van der Waals surface area (Å²) >= 11 is 0. The molecule has 128 valence electrons. The molecule has 0 spiro atoms. The van der Waals surface area contributed by atoms with Gasteiger partial charge in [0.15, 0.2) is 5.82 Å². The number of benzene rings is 1. The van der Waals surface area contributed by atoms with E-state index in [9.17, 15) is 0 Å². The molecule has 0 N–H and O–H groups in total. The first-order chi connectivity index (χ1) is 11.7. The fraction of sp³-hybridized carbons (Fsp3) is 0.474. The third kappa shape index (κ3) is 3.67. The Labute approximate surface area is 144 Å². The van der Waals surface area contributed by atoms with E-state index in [4.69, 9.17) is 9.97 Å². The summed E-state index contributed by atoms with van der Waals surface area (Å²) in [6.07, 6.45) is 0. The van der Waals surface area contributed by atoms with Gasteiger partial charge in [-0.3, -0.25) is 0 Å². The minimum absolute atomic E-state index is 0.814. The number of hydrogen-bond donors (Lipinski definition) is 0. The van der Waals surface area contributed by atoms with Crippen LogP contribution in [-0.4, -0.2) is 61.2 Å². The largest absolute Gasteiger partial charge is 0.357 e. The quantitative estimate of drug-likeness (QED) is 0.845. The van der Waals surface area contributed by atoms with Gasteiger partial charge >= 0.3 is 0 Å². The van der Waals surface area contributed by atoms with Crippen molar-refractivity contribution in [3.63, 3.8) is 0 Å². The molecule has 0 unspecified atom stereocenters. The van der Waals surface area contributed by atoms with Gasteiger partial charge in [0.25, 0.3) is 0 Å². The van der Waals surface area contributed by atoms with E-state index in [0.29, 0.717) is 0 Å². The Morgan fingerprint density at radius 3 is 2.25 bits per heavy atom. The summed E-state index contributed by atoms with van der Waals surface area (Å²) in [5, 5.41) is 0. The van der Waals surface area contributed by atoms with Gasteiger partial charge in [0.1, 0.15) is 11.6 Å². The Hall–Kier alpha value is -2.14. The second-order valence-electron chi connectivity index (χ2n) is 6.24. The van der Waals surface area contributed by atoms with Gasteiger partial charge < -0.3 is 14.7 Å². The van der Waals surface area contributed by atoms with Crippen molar-refractivity contribution in [2.24, 2.45) is 0 Å². The second-order valence-corrected chi connectivity index (χ2v) is 6.24. The van der Waals surface area contributed by atoms with Crippen LogP contribution in [0.3, 0.4) is 0 Å². The highest BCUT2D eigenvalue weighted by atomic mass is 15.3. The van der Waals surface area contributed by atoms with Gasteiger partial charge in [-0.05, 0) is 20.9 Å². The van der Waals surface area contributed by atoms with Crippen LogP contribution < -0.4 is 9.80 Å². The molecular weight excluding hydrogens is 298 g/mol. The molecule has 0 radical (unpaired) electrons. The average Bonchev–Trinajstić information content (AvgIpc) is 2.64. The molecule has 5 nitrogen and oxygen atoms in total. The summed E-state index contributed by atoms with van der Waals surface area (Å²) < 4.78 is 0. The summed E-state index contributed by atoms with van der Waals surface area (Å²) in [5.74, 6) is 2.87. The van der Waals surface area contributed by atoms with E-state index in [2.05, 4.69) is 53.8 Å². The monoisotopic (exact) mass is 325 g/mol. The van der Waals surface area contributed by atoms with Crippen molar-refractivity contribution in [1.82, 2.24) is 14.9 Å². The van der Waals surface area contributed by atoms with Crippen molar-refractivity contribution in [2.45, 2.75) is 13.8 Å². The average molecular weight is 325 g/mol. The smallest absolute Gasteiger partial charge is 0.163 e. The SMILES string of the molecule is CCN(CC)c1cc(N2CCN(C)CC2)nc(-c2ccccc2)n1. The molecule has 5 heteroatoms. The Morgan fingerprint density at radius 1 is 0.958 bits per heavy atom. The van der Waals surface area contributed by atoms with Crippen LogP contribution in [0.2, 0.25) is 0 Å². The Kier molecular flexibility index (Phi) is 5.30. The Morgan fingerprint density at radius 2 is 1.62 bits per heavy atom. The first-order valence-corrected chi connectivity index (χ1v) is 8.84. The van der Waals surface area contributed by atoms with Gasteiger partial charge in [-0.2, -0.15) is 0 Å². The van der Waals surface area contributed by atoms with E-state index >= 15 is 0 Å². The number of aromatic nitrogens is 2. The summed E-state index contributed by atoms with van der Waals surface area (Å²) in [7, 11) is 2.17. The van der Waals surface area contributed by atoms with Crippen molar-refractivity contribution < 1.29 is 0 Å². The van der Waals surface area contributed by atoms with Crippen LogP contribution in [0.5, 0.6) is 0 Å². The molecule has 1 aromatic carbocycles. The van der Waals surface area contributed by atoms with Gasteiger partial charge in [0, 0.05) is 50.9 Å². The molecule has 1 aliphatic rings. The molecule has 1 saturated heterocycles. The van der Waals surface area contributed by atoms with E-state index in [1.807, 2.05) is 18.2 Å². The molecule has 1 aliphatic heterocycles. The van der Waals surface area contributed by atoms with Gasteiger partial charge in [-0.1, -0.05) is 30.3 Å². The van der Waals surface area contributed by atoms with Crippen molar-refractivity contribution in [2.75, 3.05) is 56.1 Å². The molecule has 2 heterocycles. The molecule has 3 rings (SSSR count). The van der Waals surface area contributed by atoms with Crippen LogP contribution in [0.4, 0.5) is 11.6 Å². The van der Waals surface area contributed by atoms with Gasteiger partial charge in [-0.15, -0.1) is 0 Å². The zero-order valence-electron chi connectivity index (χ0n) is 14.9. The first-order valence-electron chi connectivity index (χ1n) is 8.84. The van der Waals surface area contributed by atoms with E-state index in [-0.39, 0.29) is 0 Å². The van der Waals surface area contributed by atoms with E-state index in [1.165, 1.54) is 0 Å². The fourth-order valence-electron chi connectivity index (χ4n) is 3.05. The lowest BCUT2D eigenvalue weighted by atomic mass is 10.2. The van der Waals surface area contributed by atoms with Gasteiger partial charge in [0.05, 0.1) is 0 Å². The number of likely N-dealkylation sites (N-methyl/N-ethyl adjacent to an activating group) is 1. The van der Waals surface area contributed by atoms with Gasteiger partial charge in [0.2, 0.25) is 0 Å². The molecule has 0 aliphatic carbocycles. The minimum Gasteiger partial charge on any atom is -0.357 e. The Bertz CT molecular complexity index is 646. The van der Waals surface area contributed by atoms with E-state index in [0.717, 1.165) is 62.3 Å². The number of rotatable bonds is 5. The number of hydrogen-bond acceptors (Lipinski definition) is 5. The van der Waals surface area contributed by atoms with Crippen molar-refractivity contribution in [3.05, 3.63) is 36.4 Å². The standard InChI is InChI=1S/C19H27N5/c1-4-23(5-2)17-15-18(24-13-11-22(3)12-14-24)21-19(20-17)16-9-7-6-8-10-16/h6-10,15H,4-5,11-14H2,1-3H3. The van der Waals surface area contributed by atoms with Crippen LogP contribution >= 0.6 is 0 Å². The van der Waals surface area contributed by atoms with Gasteiger partial charge in [-0.25, -0.2) is 9.97 Å². The summed E-state index contributed by atoms with van der Waals surface area (Å²) in [5.41, 5.74) is 1.07. The molecule has 24 heavy (non-hydrogen) atoms. The van der Waals surface area contributed by atoms with Crippen molar-refractivity contribution >= 4 is 11.6 Å². The van der Waals surface area contributed by atoms with E-state index in [1.54, 1.807) is 0 Å². The fourth-order valence-corrected chi connectivity index (χ4v) is 3.05. The van der Waals surface area contributed by atoms with Crippen molar-refractivity contribution in [1.29, 1.82) is 0 Å². The molecule has 1 aromatic heterocycles. The molecule has 0 saturated carbocycles. The second kappa shape index (κ2) is 7.62. The third-order valence-electron chi connectivity index (χ3n) is 4.65. The molecule has 0 amide bonds. The van der Waals surface area contributed by atoms with Crippen LogP contribution in [-0.2, 0) is 0 Å². The van der Waals surface area contributed by atoms with Crippen LogP contribution in [0.25, 0.3) is 11.4 Å². The minimum atomic E-state index is 0.814. The maximum Gasteiger partial charge on any atom is 0.163 e. The first kappa shape index (κ1) is 16.7. The maximum absolute atomic E-state index is 4.87. The van der Waals surface area contributed by atoms with Crippen LogP contribution in [0.1, 0.15) is 13.8 Å². The molecule has 0 atom stereocenters. The highest BCUT2D eigenvalue weighted by molar-refractivity contribution is 5.62. The predicted molar refractivity (Wildman–Crippen MR) is 101 cm³/mol. The summed E-state index contributed by atoms with van der Waals surface area (Å²) in [6.45, 7) is 10.4. The highest BCUT2D eigenvalue weighted by Crippen LogP contribution is 2.25. The summed E-state index contributed by atoms with van der Waals surface area (Å²) in [6, 6.07) is 12.4. The lowest BCUT2D eigenvalue weighted by Gasteiger charge is -2.34. The lowest BCUT2D eigenvalue weighted by Crippen LogP contribution is -2.45. The topological polar surface area (TPSA) is 35.5 Å². The van der Waals surface area contributed by atoms with Crippen LogP contribution in [0.15, 0.2) is 36.4 Å². The Balaban J connectivity index is 1.99. The molecule has 2 aromatic rings. The number of anilines is 2. The number of nitrogens with zero attached hydrogens (tertiary/aromatic N) is 5. The predicted octanol–water partition coefficient (Wildman–Crippen LogP) is 2.74. The van der Waals surface area contributed by atoms with Crippen LogP contribution in [0, 0.1) is 0 Å². The third-order valence-corrected chi connectivity index (χ3v) is 4.65. The van der Waals surface area contributed by atoms with Crippen molar-refractivity contribution in [3.8, 4) is 11.4 Å².